The van der Waals surface area contributed by atoms with E-state index in [2.05, 4.69) is 13.8 Å². The first-order chi connectivity index (χ1) is 7.63. The van der Waals surface area contributed by atoms with Gasteiger partial charge in [-0.05, 0) is 29.5 Å². The highest BCUT2D eigenvalue weighted by Gasteiger charge is 2.02. The maximum atomic E-state index is 6.11. The Balaban J connectivity index is 2.42. The summed E-state index contributed by atoms with van der Waals surface area (Å²) >= 11 is 6.11. The Labute approximate surface area is 103 Å². The predicted molar refractivity (Wildman–Crippen MR) is 68.5 cm³/mol. The minimum absolute atomic E-state index is 0.522. The van der Waals surface area contributed by atoms with Crippen molar-refractivity contribution in [1.82, 2.24) is 0 Å². The lowest BCUT2D eigenvalue weighted by molar-refractivity contribution is 0.111. The van der Waals surface area contributed by atoms with Crippen LogP contribution >= 0.6 is 11.6 Å². The number of hydrogen-bond donors (Lipinski definition) is 1. The molecule has 0 heterocycles. The Hall–Kier alpha value is -0.570. The summed E-state index contributed by atoms with van der Waals surface area (Å²) < 4.78 is 5.57. The molecule has 0 radical (unpaired) electrons. The van der Waals surface area contributed by atoms with Gasteiger partial charge in [-0.1, -0.05) is 37.6 Å². The SMILES string of the molecule is CC(C)CCOCc1ccc(CN)cc1Cl. The molecule has 90 valence electrons. The van der Waals surface area contributed by atoms with Crippen molar-refractivity contribution in [2.75, 3.05) is 6.61 Å². The summed E-state index contributed by atoms with van der Waals surface area (Å²) in [6.07, 6.45) is 1.08. The molecule has 0 aliphatic heterocycles. The van der Waals surface area contributed by atoms with E-state index in [9.17, 15) is 0 Å². The monoisotopic (exact) mass is 241 g/mol. The summed E-state index contributed by atoms with van der Waals surface area (Å²) in [4.78, 5) is 0. The number of halogens is 1. The highest BCUT2D eigenvalue weighted by Crippen LogP contribution is 2.18. The lowest BCUT2D eigenvalue weighted by Gasteiger charge is -2.08. The van der Waals surface area contributed by atoms with Gasteiger partial charge in [0, 0.05) is 18.2 Å². The summed E-state index contributed by atoms with van der Waals surface area (Å²) in [5, 5.41) is 0.743. The maximum absolute atomic E-state index is 6.11. The average molecular weight is 242 g/mol. The minimum Gasteiger partial charge on any atom is -0.377 e. The van der Waals surface area contributed by atoms with Gasteiger partial charge in [0.15, 0.2) is 0 Å². The van der Waals surface area contributed by atoms with Gasteiger partial charge in [-0.2, -0.15) is 0 Å². The molecule has 0 aromatic heterocycles. The number of benzene rings is 1. The summed E-state index contributed by atoms with van der Waals surface area (Å²) in [6, 6.07) is 5.88. The van der Waals surface area contributed by atoms with E-state index >= 15 is 0 Å². The van der Waals surface area contributed by atoms with Crippen LogP contribution in [0.5, 0.6) is 0 Å². The smallest absolute Gasteiger partial charge is 0.0731 e. The first kappa shape index (κ1) is 13.5. The molecular formula is C13H20ClNO. The van der Waals surface area contributed by atoms with Crippen LogP contribution in [-0.4, -0.2) is 6.61 Å². The Bertz CT molecular complexity index is 326. The fourth-order valence-corrected chi connectivity index (χ4v) is 1.59. The molecule has 0 unspecified atom stereocenters. The molecule has 16 heavy (non-hydrogen) atoms. The van der Waals surface area contributed by atoms with E-state index in [-0.39, 0.29) is 0 Å². The van der Waals surface area contributed by atoms with E-state index < -0.39 is 0 Å². The van der Waals surface area contributed by atoms with Crippen molar-refractivity contribution in [2.45, 2.75) is 33.4 Å². The fourth-order valence-electron chi connectivity index (χ4n) is 1.34. The average Bonchev–Trinajstić information content (AvgIpc) is 2.25. The molecule has 1 aromatic carbocycles. The van der Waals surface area contributed by atoms with E-state index in [1.54, 1.807) is 0 Å². The van der Waals surface area contributed by atoms with Gasteiger partial charge in [-0.3, -0.25) is 0 Å². The number of ether oxygens (including phenoxy) is 1. The molecule has 0 saturated heterocycles. The van der Waals surface area contributed by atoms with Gasteiger partial charge in [-0.15, -0.1) is 0 Å². The second kappa shape index (κ2) is 6.89. The largest absolute Gasteiger partial charge is 0.377 e. The van der Waals surface area contributed by atoms with Crippen molar-refractivity contribution in [2.24, 2.45) is 11.7 Å². The van der Waals surface area contributed by atoms with Gasteiger partial charge in [0.2, 0.25) is 0 Å². The molecule has 2 N–H and O–H groups in total. The highest BCUT2D eigenvalue weighted by molar-refractivity contribution is 6.31. The van der Waals surface area contributed by atoms with Crippen molar-refractivity contribution in [3.05, 3.63) is 34.3 Å². The first-order valence-corrected chi connectivity index (χ1v) is 6.06. The van der Waals surface area contributed by atoms with Crippen LogP contribution in [0.3, 0.4) is 0 Å². The Morgan fingerprint density at radius 2 is 2.12 bits per heavy atom. The van der Waals surface area contributed by atoms with Crippen molar-refractivity contribution >= 4 is 11.6 Å². The van der Waals surface area contributed by atoms with E-state index in [4.69, 9.17) is 22.1 Å². The topological polar surface area (TPSA) is 35.2 Å². The molecule has 2 nitrogen and oxygen atoms in total. The summed E-state index contributed by atoms with van der Waals surface area (Å²) in [7, 11) is 0. The standard InChI is InChI=1S/C13H20ClNO/c1-10(2)5-6-16-9-12-4-3-11(8-15)7-13(12)14/h3-4,7,10H,5-6,8-9,15H2,1-2H3. The lowest BCUT2D eigenvalue weighted by atomic mass is 10.1. The molecule has 1 aromatic rings. The number of hydrogen-bond acceptors (Lipinski definition) is 2. The predicted octanol–water partition coefficient (Wildman–Crippen LogP) is 3.36. The quantitative estimate of drug-likeness (QED) is 0.776. The van der Waals surface area contributed by atoms with E-state index in [0.29, 0.717) is 19.1 Å². The Morgan fingerprint density at radius 1 is 1.38 bits per heavy atom. The summed E-state index contributed by atoms with van der Waals surface area (Å²) in [5.41, 5.74) is 7.62. The van der Waals surface area contributed by atoms with E-state index in [0.717, 1.165) is 29.2 Å². The van der Waals surface area contributed by atoms with Crippen LogP contribution in [0.4, 0.5) is 0 Å². The zero-order valence-corrected chi connectivity index (χ0v) is 10.8. The summed E-state index contributed by atoms with van der Waals surface area (Å²) in [6.45, 7) is 6.26. The van der Waals surface area contributed by atoms with Crippen molar-refractivity contribution in [3.8, 4) is 0 Å². The molecule has 0 aliphatic rings. The van der Waals surface area contributed by atoms with Crippen LogP contribution in [-0.2, 0) is 17.9 Å². The number of nitrogens with two attached hydrogens (primary N) is 1. The molecule has 0 atom stereocenters. The molecule has 3 heteroatoms. The molecule has 0 aliphatic carbocycles. The van der Waals surface area contributed by atoms with Crippen molar-refractivity contribution in [1.29, 1.82) is 0 Å². The molecule has 0 bridgehead atoms. The molecule has 0 saturated carbocycles. The highest BCUT2D eigenvalue weighted by atomic mass is 35.5. The third-order valence-electron chi connectivity index (χ3n) is 2.45. The zero-order chi connectivity index (χ0) is 12.0. The van der Waals surface area contributed by atoms with Gasteiger partial charge < -0.3 is 10.5 Å². The third-order valence-corrected chi connectivity index (χ3v) is 2.80. The fraction of sp³-hybridized carbons (Fsp3) is 0.538. The van der Waals surface area contributed by atoms with Crippen molar-refractivity contribution < 1.29 is 4.74 Å². The van der Waals surface area contributed by atoms with Gasteiger partial charge in [0.25, 0.3) is 0 Å². The number of rotatable bonds is 6. The molecule has 1 rings (SSSR count). The lowest BCUT2D eigenvalue weighted by Crippen LogP contribution is -2.01. The Kier molecular flexibility index (Phi) is 5.81. The van der Waals surface area contributed by atoms with E-state index in [1.165, 1.54) is 0 Å². The normalized spacial score (nSPS) is 11.1. The van der Waals surface area contributed by atoms with Crippen LogP contribution < -0.4 is 5.73 Å². The van der Waals surface area contributed by atoms with Crippen LogP contribution in [0.1, 0.15) is 31.4 Å². The Morgan fingerprint density at radius 3 is 2.69 bits per heavy atom. The van der Waals surface area contributed by atoms with Crippen LogP contribution in [0.25, 0.3) is 0 Å². The minimum atomic E-state index is 0.522. The van der Waals surface area contributed by atoms with Crippen LogP contribution in [0.2, 0.25) is 5.02 Å². The van der Waals surface area contributed by atoms with Gasteiger partial charge in [0.1, 0.15) is 0 Å². The maximum Gasteiger partial charge on any atom is 0.0731 e. The summed E-state index contributed by atoms with van der Waals surface area (Å²) in [5.74, 6) is 0.676. The molecular weight excluding hydrogens is 222 g/mol. The molecule has 0 amide bonds. The second-order valence-electron chi connectivity index (χ2n) is 4.36. The van der Waals surface area contributed by atoms with Crippen LogP contribution in [0, 0.1) is 5.92 Å². The van der Waals surface area contributed by atoms with Crippen LogP contribution in [0.15, 0.2) is 18.2 Å². The van der Waals surface area contributed by atoms with Gasteiger partial charge in [-0.25, -0.2) is 0 Å². The molecule has 0 spiro atoms. The molecule has 0 fully saturated rings. The zero-order valence-electron chi connectivity index (χ0n) is 10.0. The van der Waals surface area contributed by atoms with Gasteiger partial charge >= 0.3 is 0 Å². The van der Waals surface area contributed by atoms with Crippen molar-refractivity contribution in [3.63, 3.8) is 0 Å². The third kappa shape index (κ3) is 4.52. The second-order valence-corrected chi connectivity index (χ2v) is 4.77. The first-order valence-electron chi connectivity index (χ1n) is 5.68. The van der Waals surface area contributed by atoms with E-state index in [1.807, 2.05) is 18.2 Å². The van der Waals surface area contributed by atoms with Gasteiger partial charge in [0.05, 0.1) is 6.61 Å².